The fourth-order valence-electron chi connectivity index (χ4n) is 8.63. The van der Waals surface area contributed by atoms with Crippen LogP contribution in [-0.4, -0.2) is 12.1 Å². The molecular formula is C27H38O2. The van der Waals surface area contributed by atoms with Crippen molar-refractivity contribution >= 4 is 5.97 Å². The largest absolute Gasteiger partial charge is 0.462 e. The monoisotopic (exact) mass is 394 g/mol. The third-order valence-electron chi connectivity index (χ3n) is 10.2. The van der Waals surface area contributed by atoms with Gasteiger partial charge in [-0.05, 0) is 98.4 Å². The van der Waals surface area contributed by atoms with E-state index in [1.165, 1.54) is 51.4 Å². The number of rotatable bonds is 2. The summed E-state index contributed by atoms with van der Waals surface area (Å²) in [6.45, 7) is 6.67. The third kappa shape index (κ3) is 3.08. The minimum Gasteiger partial charge on any atom is -0.462 e. The maximum absolute atomic E-state index is 11.7. The van der Waals surface area contributed by atoms with Crippen molar-refractivity contribution in [2.45, 2.75) is 90.6 Å². The highest BCUT2D eigenvalue weighted by Crippen LogP contribution is 2.67. The van der Waals surface area contributed by atoms with Crippen molar-refractivity contribution < 1.29 is 9.53 Å². The van der Waals surface area contributed by atoms with Crippen LogP contribution in [0.1, 0.15) is 90.0 Å². The van der Waals surface area contributed by atoms with Crippen molar-refractivity contribution in [1.82, 2.24) is 0 Å². The molecule has 4 fully saturated rings. The molecule has 4 aliphatic rings. The van der Waals surface area contributed by atoms with Crippen molar-refractivity contribution in [3.63, 3.8) is 0 Å². The maximum Gasteiger partial charge on any atom is 0.302 e. The van der Waals surface area contributed by atoms with Crippen LogP contribution in [0.4, 0.5) is 0 Å². The Kier molecular flexibility index (Phi) is 4.83. The molecular weight excluding hydrogens is 356 g/mol. The molecule has 0 N–H and O–H groups in total. The van der Waals surface area contributed by atoms with Gasteiger partial charge in [0.1, 0.15) is 6.10 Å². The number of fused-ring (bicyclic) bond motifs is 5. The highest BCUT2D eigenvalue weighted by molar-refractivity contribution is 5.66. The van der Waals surface area contributed by atoms with Crippen LogP contribution in [0, 0.1) is 34.5 Å². The Hall–Kier alpha value is -1.31. The van der Waals surface area contributed by atoms with Crippen molar-refractivity contribution in [3.8, 4) is 0 Å². The average molecular weight is 395 g/mol. The highest BCUT2D eigenvalue weighted by Gasteiger charge is 2.61. The Morgan fingerprint density at radius 2 is 1.62 bits per heavy atom. The molecule has 29 heavy (non-hydrogen) atoms. The SMILES string of the molecule is CC(=O)O[C@@H]1CC[C@@H]2[C@H]3CC[C@@H]4C[C@@H](c5ccccc5)CC[C@]4(C)[C@H]3CC[C@@]21C. The summed E-state index contributed by atoms with van der Waals surface area (Å²) in [5, 5.41) is 0. The topological polar surface area (TPSA) is 26.3 Å². The molecule has 1 aromatic carbocycles. The predicted octanol–water partition coefficient (Wildman–Crippen LogP) is 6.74. The van der Waals surface area contributed by atoms with Crippen LogP contribution in [-0.2, 0) is 9.53 Å². The lowest BCUT2D eigenvalue weighted by Gasteiger charge is -2.61. The van der Waals surface area contributed by atoms with E-state index in [4.69, 9.17) is 4.74 Å². The Morgan fingerprint density at radius 3 is 2.38 bits per heavy atom. The summed E-state index contributed by atoms with van der Waals surface area (Å²) in [4.78, 5) is 11.7. The molecule has 0 radical (unpaired) electrons. The van der Waals surface area contributed by atoms with Gasteiger partial charge in [0.05, 0.1) is 0 Å². The summed E-state index contributed by atoms with van der Waals surface area (Å²) >= 11 is 0. The van der Waals surface area contributed by atoms with Crippen LogP contribution in [0.15, 0.2) is 30.3 Å². The fraction of sp³-hybridized carbons (Fsp3) is 0.741. The minimum absolute atomic E-state index is 0.0890. The molecule has 0 unspecified atom stereocenters. The summed E-state index contributed by atoms with van der Waals surface area (Å²) in [5.41, 5.74) is 2.31. The number of carbonyl (C=O) groups excluding carboxylic acids is 1. The second-order valence-electron chi connectivity index (χ2n) is 11.3. The molecule has 0 heterocycles. The van der Waals surface area contributed by atoms with Crippen LogP contribution in [0.2, 0.25) is 0 Å². The smallest absolute Gasteiger partial charge is 0.302 e. The van der Waals surface area contributed by atoms with E-state index < -0.39 is 0 Å². The van der Waals surface area contributed by atoms with Crippen molar-refractivity contribution in [2.75, 3.05) is 0 Å². The van der Waals surface area contributed by atoms with E-state index in [2.05, 4.69) is 44.2 Å². The van der Waals surface area contributed by atoms with Gasteiger partial charge in [-0.25, -0.2) is 0 Å². The van der Waals surface area contributed by atoms with Gasteiger partial charge in [-0.3, -0.25) is 4.79 Å². The first-order chi connectivity index (χ1) is 13.9. The van der Waals surface area contributed by atoms with Gasteiger partial charge in [0.2, 0.25) is 0 Å². The summed E-state index contributed by atoms with van der Waals surface area (Å²) in [5.74, 6) is 4.05. The molecule has 0 amide bonds. The molecule has 1 aromatic rings. The zero-order valence-corrected chi connectivity index (χ0v) is 18.5. The molecule has 4 saturated carbocycles. The first-order valence-electron chi connectivity index (χ1n) is 12.1. The van der Waals surface area contributed by atoms with Gasteiger partial charge in [0, 0.05) is 12.3 Å². The third-order valence-corrected chi connectivity index (χ3v) is 10.2. The van der Waals surface area contributed by atoms with Crippen LogP contribution in [0.3, 0.4) is 0 Å². The first kappa shape index (κ1) is 19.6. The summed E-state index contributed by atoms with van der Waals surface area (Å²) in [6, 6.07) is 11.3. The van der Waals surface area contributed by atoms with E-state index in [1.54, 1.807) is 12.5 Å². The van der Waals surface area contributed by atoms with Gasteiger partial charge in [0.15, 0.2) is 0 Å². The standard InChI is InChI=1S/C27H38O2/c1-18(28)29-25-12-11-23-22-10-9-21-17-20(19-7-5-4-6-8-19)13-15-26(21,2)24(22)14-16-27(23,25)3/h4-8,20-25H,9-17H2,1-3H3/t20-,21+,22+,23+,24-,25+,26-,27-/m0/s1. The van der Waals surface area contributed by atoms with Gasteiger partial charge in [-0.1, -0.05) is 44.2 Å². The van der Waals surface area contributed by atoms with E-state index in [1.807, 2.05) is 0 Å². The minimum atomic E-state index is -0.0890. The van der Waals surface area contributed by atoms with E-state index >= 15 is 0 Å². The Bertz CT molecular complexity index is 757. The lowest BCUT2D eigenvalue weighted by molar-refractivity contribution is -0.161. The molecule has 8 atom stereocenters. The maximum atomic E-state index is 11.7. The normalized spacial score (nSPS) is 46.3. The Labute approximate surface area is 176 Å². The number of esters is 1. The quantitative estimate of drug-likeness (QED) is 0.519. The summed E-state index contributed by atoms with van der Waals surface area (Å²) in [7, 11) is 0. The van der Waals surface area contributed by atoms with Gasteiger partial charge in [0.25, 0.3) is 0 Å². The van der Waals surface area contributed by atoms with Gasteiger partial charge in [-0.2, -0.15) is 0 Å². The zero-order valence-electron chi connectivity index (χ0n) is 18.5. The number of ether oxygens (including phenoxy) is 1. The lowest BCUT2D eigenvalue weighted by atomic mass is 9.44. The molecule has 0 aliphatic heterocycles. The second-order valence-corrected chi connectivity index (χ2v) is 11.3. The van der Waals surface area contributed by atoms with Crippen molar-refractivity contribution in [3.05, 3.63) is 35.9 Å². The molecule has 2 nitrogen and oxygen atoms in total. The zero-order chi connectivity index (χ0) is 20.2. The molecule has 2 heteroatoms. The molecule has 4 aliphatic carbocycles. The van der Waals surface area contributed by atoms with E-state index in [-0.39, 0.29) is 17.5 Å². The van der Waals surface area contributed by atoms with Crippen LogP contribution < -0.4 is 0 Å². The van der Waals surface area contributed by atoms with Gasteiger partial charge in [-0.15, -0.1) is 0 Å². The van der Waals surface area contributed by atoms with Crippen LogP contribution in [0.5, 0.6) is 0 Å². The summed E-state index contributed by atoms with van der Waals surface area (Å²) in [6.07, 6.45) is 12.1. The molecule has 158 valence electrons. The number of benzene rings is 1. The van der Waals surface area contributed by atoms with E-state index in [0.717, 1.165) is 36.0 Å². The second kappa shape index (κ2) is 7.13. The van der Waals surface area contributed by atoms with E-state index in [9.17, 15) is 4.79 Å². The van der Waals surface area contributed by atoms with Gasteiger partial charge >= 0.3 is 5.97 Å². The van der Waals surface area contributed by atoms with E-state index in [0.29, 0.717) is 5.41 Å². The molecule has 5 rings (SSSR count). The van der Waals surface area contributed by atoms with Crippen molar-refractivity contribution in [1.29, 1.82) is 0 Å². The lowest BCUT2D eigenvalue weighted by Crippen LogP contribution is -2.54. The predicted molar refractivity (Wildman–Crippen MR) is 116 cm³/mol. The first-order valence-corrected chi connectivity index (χ1v) is 12.1. The van der Waals surface area contributed by atoms with Crippen LogP contribution >= 0.6 is 0 Å². The highest BCUT2D eigenvalue weighted by atomic mass is 16.5. The Morgan fingerprint density at radius 1 is 0.897 bits per heavy atom. The fourth-order valence-corrected chi connectivity index (χ4v) is 8.63. The molecule has 0 spiro atoms. The van der Waals surface area contributed by atoms with Gasteiger partial charge < -0.3 is 4.74 Å². The van der Waals surface area contributed by atoms with Crippen LogP contribution in [0.25, 0.3) is 0 Å². The molecule has 0 saturated heterocycles. The number of hydrogen-bond donors (Lipinski definition) is 0. The Balaban J connectivity index is 1.35. The van der Waals surface area contributed by atoms with Crippen molar-refractivity contribution in [2.24, 2.45) is 34.5 Å². The summed E-state index contributed by atoms with van der Waals surface area (Å²) < 4.78 is 5.82. The number of carbonyl (C=O) groups is 1. The number of hydrogen-bond acceptors (Lipinski definition) is 2. The molecule has 0 bridgehead atoms. The average Bonchev–Trinajstić information content (AvgIpc) is 3.04. The molecule has 0 aromatic heterocycles.